The summed E-state index contributed by atoms with van der Waals surface area (Å²) in [5.41, 5.74) is 4.85. The number of hydrogen-bond donors (Lipinski definition) is 0. The molecule has 0 atom stereocenters. The maximum atomic E-state index is 13.7. The highest BCUT2D eigenvalue weighted by atomic mass is 32.1. The van der Waals surface area contributed by atoms with Crippen LogP contribution in [0, 0.1) is 13.8 Å². The van der Waals surface area contributed by atoms with Crippen LogP contribution in [0.1, 0.15) is 27.0 Å². The molecule has 2 heterocycles. The number of benzene rings is 3. The fraction of sp³-hybridized carbons (Fsp3) is 0.200. The van der Waals surface area contributed by atoms with Crippen molar-refractivity contribution in [2.45, 2.75) is 20.4 Å². The number of anilines is 1. The number of ether oxygens (including phenoxy) is 2. The van der Waals surface area contributed by atoms with Gasteiger partial charge in [-0.25, -0.2) is 4.98 Å². The van der Waals surface area contributed by atoms with Gasteiger partial charge in [0.05, 0.1) is 16.8 Å². The Balaban J connectivity index is 1.57. The molecule has 0 saturated carbocycles. The van der Waals surface area contributed by atoms with E-state index in [4.69, 9.17) is 14.5 Å². The highest BCUT2D eigenvalue weighted by Gasteiger charge is 2.24. The Kier molecular flexibility index (Phi) is 5.08. The van der Waals surface area contributed by atoms with E-state index >= 15 is 0 Å². The summed E-state index contributed by atoms with van der Waals surface area (Å²) in [6.07, 6.45) is 0. The number of aromatic nitrogens is 1. The third-order valence-electron chi connectivity index (χ3n) is 5.26. The quantitative estimate of drug-likeness (QED) is 0.427. The lowest BCUT2D eigenvalue weighted by Crippen LogP contribution is -2.30. The van der Waals surface area contributed by atoms with Crippen molar-refractivity contribution >= 4 is 32.6 Å². The predicted octanol–water partition coefficient (Wildman–Crippen LogP) is 5.53. The maximum Gasteiger partial charge on any atom is 0.260 e. The zero-order chi connectivity index (χ0) is 21.4. The molecule has 1 aliphatic rings. The van der Waals surface area contributed by atoms with Crippen LogP contribution in [0.5, 0.6) is 11.5 Å². The van der Waals surface area contributed by atoms with Crippen LogP contribution in [-0.4, -0.2) is 24.1 Å². The van der Waals surface area contributed by atoms with Gasteiger partial charge in [-0.15, -0.1) is 0 Å². The Labute approximate surface area is 184 Å². The lowest BCUT2D eigenvalue weighted by molar-refractivity contribution is 0.0984. The summed E-state index contributed by atoms with van der Waals surface area (Å²) in [5, 5.41) is 0.687. The summed E-state index contributed by atoms with van der Waals surface area (Å²) in [7, 11) is 0. The SMILES string of the molecule is Cc1cc(C)c2sc(N(Cc3ccccc3)C(=O)c3ccc4c(c3)OCCO4)nc2c1. The summed E-state index contributed by atoms with van der Waals surface area (Å²) in [4.78, 5) is 20.2. The average molecular weight is 431 g/mol. The first kappa shape index (κ1) is 19.6. The van der Waals surface area contributed by atoms with Crippen LogP contribution in [0.3, 0.4) is 0 Å². The number of fused-ring (bicyclic) bond motifs is 2. The smallest absolute Gasteiger partial charge is 0.260 e. The van der Waals surface area contributed by atoms with Crippen molar-refractivity contribution in [2.75, 3.05) is 18.1 Å². The molecular weight excluding hydrogens is 408 g/mol. The molecule has 0 unspecified atom stereocenters. The normalized spacial score (nSPS) is 12.7. The summed E-state index contributed by atoms with van der Waals surface area (Å²) in [6, 6.07) is 19.5. The van der Waals surface area contributed by atoms with Crippen molar-refractivity contribution in [3.63, 3.8) is 0 Å². The van der Waals surface area contributed by atoms with E-state index in [0.29, 0.717) is 42.0 Å². The van der Waals surface area contributed by atoms with Crippen LogP contribution < -0.4 is 14.4 Å². The van der Waals surface area contributed by atoms with Crippen molar-refractivity contribution in [3.8, 4) is 11.5 Å². The third-order valence-corrected chi connectivity index (χ3v) is 6.49. The molecule has 0 spiro atoms. The first-order valence-electron chi connectivity index (χ1n) is 10.2. The topological polar surface area (TPSA) is 51.7 Å². The molecule has 0 radical (unpaired) electrons. The zero-order valence-corrected chi connectivity index (χ0v) is 18.2. The average Bonchev–Trinajstić information content (AvgIpc) is 3.21. The van der Waals surface area contributed by atoms with Gasteiger partial charge < -0.3 is 9.47 Å². The molecule has 0 saturated heterocycles. The molecule has 0 bridgehead atoms. The van der Waals surface area contributed by atoms with Crippen LogP contribution in [0.4, 0.5) is 5.13 Å². The number of carbonyl (C=O) groups is 1. The van der Waals surface area contributed by atoms with Crippen LogP contribution in [-0.2, 0) is 6.54 Å². The van der Waals surface area contributed by atoms with Crippen LogP contribution in [0.15, 0.2) is 60.7 Å². The first-order valence-corrected chi connectivity index (χ1v) is 11.0. The van der Waals surface area contributed by atoms with Gasteiger partial charge in [0.15, 0.2) is 16.6 Å². The number of rotatable bonds is 4. The minimum atomic E-state index is -0.116. The highest BCUT2D eigenvalue weighted by molar-refractivity contribution is 7.22. The summed E-state index contributed by atoms with van der Waals surface area (Å²) < 4.78 is 12.4. The number of thiazole rings is 1. The predicted molar refractivity (Wildman–Crippen MR) is 123 cm³/mol. The fourth-order valence-electron chi connectivity index (χ4n) is 3.80. The minimum Gasteiger partial charge on any atom is -0.486 e. The monoisotopic (exact) mass is 430 g/mol. The molecule has 156 valence electrons. The highest BCUT2D eigenvalue weighted by Crippen LogP contribution is 2.35. The van der Waals surface area contributed by atoms with E-state index in [1.807, 2.05) is 30.3 Å². The lowest BCUT2D eigenvalue weighted by Gasteiger charge is -2.22. The van der Waals surface area contributed by atoms with E-state index in [-0.39, 0.29) is 5.91 Å². The van der Waals surface area contributed by atoms with E-state index < -0.39 is 0 Å². The summed E-state index contributed by atoms with van der Waals surface area (Å²) in [5.74, 6) is 1.16. The van der Waals surface area contributed by atoms with Crippen molar-refractivity contribution in [3.05, 3.63) is 82.9 Å². The molecule has 0 fully saturated rings. The van der Waals surface area contributed by atoms with E-state index in [0.717, 1.165) is 21.3 Å². The Morgan fingerprint density at radius 2 is 1.77 bits per heavy atom. The summed E-state index contributed by atoms with van der Waals surface area (Å²) >= 11 is 1.55. The number of aryl methyl sites for hydroxylation is 2. The van der Waals surface area contributed by atoms with Crippen molar-refractivity contribution in [1.82, 2.24) is 4.98 Å². The number of nitrogens with zero attached hydrogens (tertiary/aromatic N) is 2. The number of hydrogen-bond acceptors (Lipinski definition) is 5. The van der Waals surface area contributed by atoms with E-state index in [9.17, 15) is 4.79 Å². The van der Waals surface area contributed by atoms with Crippen LogP contribution in [0.25, 0.3) is 10.2 Å². The van der Waals surface area contributed by atoms with Gasteiger partial charge in [-0.1, -0.05) is 47.7 Å². The molecule has 0 aliphatic carbocycles. The molecule has 4 aromatic rings. The second-order valence-electron chi connectivity index (χ2n) is 7.66. The standard InChI is InChI=1S/C25H22N2O3S/c1-16-12-17(2)23-20(13-16)26-25(31-23)27(15-18-6-4-3-5-7-18)24(28)19-8-9-21-22(14-19)30-11-10-29-21/h3-9,12-14H,10-11,15H2,1-2H3. The molecule has 0 N–H and O–H groups in total. The molecular formula is C25H22N2O3S. The molecule has 5 rings (SSSR count). The molecule has 1 aromatic heterocycles. The van der Waals surface area contributed by atoms with Crippen molar-refractivity contribution in [1.29, 1.82) is 0 Å². The Hall–Kier alpha value is -3.38. The van der Waals surface area contributed by atoms with E-state index in [1.54, 1.807) is 34.4 Å². The van der Waals surface area contributed by atoms with Crippen molar-refractivity contribution in [2.24, 2.45) is 0 Å². The Bertz CT molecular complexity index is 1270. The molecule has 6 heteroatoms. The molecule has 5 nitrogen and oxygen atoms in total. The summed E-state index contributed by atoms with van der Waals surface area (Å²) in [6.45, 7) is 5.58. The van der Waals surface area contributed by atoms with Gasteiger partial charge in [-0.05, 0) is 54.8 Å². The molecule has 1 amide bonds. The van der Waals surface area contributed by atoms with E-state index in [2.05, 4.69) is 26.0 Å². The molecule has 31 heavy (non-hydrogen) atoms. The Morgan fingerprint density at radius 3 is 2.58 bits per heavy atom. The van der Waals surface area contributed by atoms with Gasteiger partial charge in [0.1, 0.15) is 13.2 Å². The van der Waals surface area contributed by atoms with Gasteiger partial charge in [0, 0.05) is 5.56 Å². The van der Waals surface area contributed by atoms with Crippen LogP contribution in [0.2, 0.25) is 0 Å². The second kappa shape index (κ2) is 8.04. The maximum absolute atomic E-state index is 13.7. The lowest BCUT2D eigenvalue weighted by atomic mass is 10.1. The first-order chi connectivity index (χ1) is 15.1. The van der Waals surface area contributed by atoms with Gasteiger partial charge >= 0.3 is 0 Å². The van der Waals surface area contributed by atoms with Crippen LogP contribution >= 0.6 is 11.3 Å². The zero-order valence-electron chi connectivity index (χ0n) is 17.4. The largest absolute Gasteiger partial charge is 0.486 e. The second-order valence-corrected chi connectivity index (χ2v) is 8.64. The molecule has 1 aliphatic heterocycles. The fourth-order valence-corrected chi connectivity index (χ4v) is 4.82. The molecule has 3 aromatic carbocycles. The van der Waals surface area contributed by atoms with Gasteiger partial charge in [0.25, 0.3) is 5.91 Å². The Morgan fingerprint density at radius 1 is 1.00 bits per heavy atom. The van der Waals surface area contributed by atoms with E-state index in [1.165, 1.54) is 5.56 Å². The number of amides is 1. The van der Waals surface area contributed by atoms with Crippen molar-refractivity contribution < 1.29 is 14.3 Å². The third kappa shape index (κ3) is 3.86. The van der Waals surface area contributed by atoms with Gasteiger partial charge in [0.2, 0.25) is 0 Å². The minimum absolute atomic E-state index is 0.116. The van der Waals surface area contributed by atoms with Gasteiger partial charge in [-0.3, -0.25) is 9.69 Å². The van der Waals surface area contributed by atoms with Gasteiger partial charge in [-0.2, -0.15) is 0 Å². The number of carbonyl (C=O) groups excluding carboxylic acids is 1.